The van der Waals surface area contributed by atoms with Crippen molar-refractivity contribution in [3.05, 3.63) is 39.8 Å². The lowest BCUT2D eigenvalue weighted by molar-refractivity contribution is -0.125. The minimum atomic E-state index is -0.747. The molecule has 0 saturated carbocycles. The van der Waals surface area contributed by atoms with Crippen molar-refractivity contribution in [1.82, 2.24) is 10.3 Å². The molecule has 25 heavy (non-hydrogen) atoms. The summed E-state index contributed by atoms with van der Waals surface area (Å²) in [4.78, 5) is 18.6. The van der Waals surface area contributed by atoms with Crippen LogP contribution in [0.4, 0.5) is 5.69 Å². The molecule has 6 heteroatoms. The zero-order chi connectivity index (χ0) is 18.6. The molecule has 5 nitrogen and oxygen atoms in total. The molecule has 0 bridgehead atoms. The molecule has 0 aliphatic carbocycles. The fourth-order valence-electron chi connectivity index (χ4n) is 2.42. The summed E-state index contributed by atoms with van der Waals surface area (Å²) >= 11 is 1.65. The molecule has 2 rings (SSSR count). The SMILES string of the molecule is CC[C@@H](NC(=O)C(C)(C)Nc1ccc(OC)cc1)c1nc(C)c(C)s1. The number of nitrogens with one attached hydrogen (secondary N) is 2. The second-order valence-corrected chi connectivity index (χ2v) is 7.84. The average molecular weight is 362 g/mol. The number of anilines is 1. The van der Waals surface area contributed by atoms with Crippen LogP contribution >= 0.6 is 11.3 Å². The van der Waals surface area contributed by atoms with Crippen molar-refractivity contribution in [3.63, 3.8) is 0 Å². The third kappa shape index (κ3) is 4.72. The van der Waals surface area contributed by atoms with E-state index in [0.29, 0.717) is 0 Å². The van der Waals surface area contributed by atoms with Crippen LogP contribution in [0.1, 0.15) is 48.8 Å². The van der Waals surface area contributed by atoms with Gasteiger partial charge in [0.15, 0.2) is 0 Å². The van der Waals surface area contributed by atoms with Crippen LogP contribution in [0, 0.1) is 13.8 Å². The van der Waals surface area contributed by atoms with Gasteiger partial charge in [0.1, 0.15) is 16.3 Å². The normalized spacial score (nSPS) is 12.6. The van der Waals surface area contributed by atoms with E-state index in [1.165, 1.54) is 4.88 Å². The number of ether oxygens (including phenoxy) is 1. The Bertz CT molecular complexity index is 703. The topological polar surface area (TPSA) is 63.2 Å². The highest BCUT2D eigenvalue weighted by atomic mass is 32.1. The van der Waals surface area contributed by atoms with E-state index < -0.39 is 5.54 Å². The number of amides is 1. The van der Waals surface area contributed by atoms with Gasteiger partial charge in [0.25, 0.3) is 0 Å². The third-order valence-electron chi connectivity index (χ3n) is 4.17. The first-order valence-electron chi connectivity index (χ1n) is 8.44. The molecule has 0 spiro atoms. The molecule has 0 aliphatic heterocycles. The van der Waals surface area contributed by atoms with E-state index in [1.54, 1.807) is 18.4 Å². The van der Waals surface area contributed by atoms with E-state index in [-0.39, 0.29) is 11.9 Å². The van der Waals surface area contributed by atoms with Crippen LogP contribution in [0.15, 0.2) is 24.3 Å². The molecule has 0 aliphatic rings. The highest BCUT2D eigenvalue weighted by Gasteiger charge is 2.30. The van der Waals surface area contributed by atoms with Crippen LogP contribution in [-0.2, 0) is 4.79 Å². The molecule has 1 aromatic heterocycles. The minimum Gasteiger partial charge on any atom is -0.497 e. The zero-order valence-electron chi connectivity index (χ0n) is 15.8. The van der Waals surface area contributed by atoms with Gasteiger partial charge in [-0.15, -0.1) is 11.3 Å². The molecule has 0 fully saturated rings. The molecule has 0 saturated heterocycles. The molecule has 1 atom stereocenters. The van der Waals surface area contributed by atoms with Crippen molar-refractivity contribution in [3.8, 4) is 5.75 Å². The molecular weight excluding hydrogens is 334 g/mol. The van der Waals surface area contributed by atoms with Crippen LogP contribution in [0.25, 0.3) is 0 Å². The van der Waals surface area contributed by atoms with Crippen molar-refractivity contribution < 1.29 is 9.53 Å². The van der Waals surface area contributed by atoms with Crippen molar-refractivity contribution in [1.29, 1.82) is 0 Å². The van der Waals surface area contributed by atoms with E-state index in [4.69, 9.17) is 4.74 Å². The molecule has 0 radical (unpaired) electrons. The summed E-state index contributed by atoms with van der Waals surface area (Å²) in [6.45, 7) is 9.86. The maximum absolute atomic E-state index is 12.8. The number of nitrogens with zero attached hydrogens (tertiary/aromatic N) is 1. The number of hydrogen-bond acceptors (Lipinski definition) is 5. The number of methoxy groups -OCH3 is 1. The number of thiazole rings is 1. The molecule has 2 N–H and O–H groups in total. The van der Waals surface area contributed by atoms with Gasteiger partial charge in [0.05, 0.1) is 18.8 Å². The maximum Gasteiger partial charge on any atom is 0.245 e. The first-order valence-corrected chi connectivity index (χ1v) is 9.25. The molecule has 1 amide bonds. The first kappa shape index (κ1) is 19.2. The quantitative estimate of drug-likeness (QED) is 0.775. The number of aryl methyl sites for hydroxylation is 2. The van der Waals surface area contributed by atoms with Crippen molar-refractivity contribution >= 4 is 22.9 Å². The Morgan fingerprint density at radius 1 is 1.28 bits per heavy atom. The first-order chi connectivity index (χ1) is 11.8. The average Bonchev–Trinajstić information content (AvgIpc) is 2.91. The summed E-state index contributed by atoms with van der Waals surface area (Å²) in [7, 11) is 1.63. The van der Waals surface area contributed by atoms with E-state index in [1.807, 2.05) is 45.0 Å². The van der Waals surface area contributed by atoms with E-state index in [0.717, 1.165) is 28.6 Å². The van der Waals surface area contributed by atoms with Gasteiger partial charge < -0.3 is 15.4 Å². The van der Waals surface area contributed by atoms with Gasteiger partial charge in [-0.2, -0.15) is 0 Å². The summed E-state index contributed by atoms with van der Waals surface area (Å²) < 4.78 is 5.16. The van der Waals surface area contributed by atoms with Gasteiger partial charge in [0, 0.05) is 10.6 Å². The number of aromatic nitrogens is 1. The lowest BCUT2D eigenvalue weighted by Gasteiger charge is -2.28. The van der Waals surface area contributed by atoms with Crippen molar-refractivity contribution in [2.24, 2.45) is 0 Å². The number of carbonyl (C=O) groups excluding carboxylic acids is 1. The Labute approximate surface area is 153 Å². The van der Waals surface area contributed by atoms with E-state index in [9.17, 15) is 4.79 Å². The largest absolute Gasteiger partial charge is 0.497 e. The monoisotopic (exact) mass is 361 g/mol. The number of rotatable bonds is 7. The summed E-state index contributed by atoms with van der Waals surface area (Å²) in [6, 6.07) is 7.47. The maximum atomic E-state index is 12.8. The highest BCUT2D eigenvalue weighted by Crippen LogP contribution is 2.26. The summed E-state index contributed by atoms with van der Waals surface area (Å²) in [5.41, 5.74) is 1.15. The second kappa shape index (κ2) is 7.87. The lowest BCUT2D eigenvalue weighted by atomic mass is 10.0. The summed E-state index contributed by atoms with van der Waals surface area (Å²) in [5, 5.41) is 7.37. The van der Waals surface area contributed by atoms with Gasteiger partial charge in [-0.1, -0.05) is 6.92 Å². The van der Waals surface area contributed by atoms with E-state index in [2.05, 4.69) is 29.5 Å². The van der Waals surface area contributed by atoms with Crippen molar-refractivity contribution in [2.75, 3.05) is 12.4 Å². The number of hydrogen-bond donors (Lipinski definition) is 2. The fraction of sp³-hybridized carbons (Fsp3) is 0.474. The number of carbonyl (C=O) groups is 1. The van der Waals surface area contributed by atoms with Gasteiger partial charge in [-0.05, 0) is 58.4 Å². The standard InChI is InChI=1S/C19H27N3O2S/c1-7-16(17-20-12(2)13(3)25-17)21-18(23)19(4,5)22-14-8-10-15(24-6)11-9-14/h8-11,16,22H,7H2,1-6H3,(H,21,23)/t16-/m1/s1. The minimum absolute atomic E-state index is 0.0549. The third-order valence-corrected chi connectivity index (χ3v) is 5.36. The van der Waals surface area contributed by atoms with Gasteiger partial charge in [-0.25, -0.2) is 4.98 Å². The smallest absolute Gasteiger partial charge is 0.245 e. The Balaban J connectivity index is 2.07. The molecule has 2 aromatic rings. The van der Waals surface area contributed by atoms with Crippen LogP contribution < -0.4 is 15.4 Å². The van der Waals surface area contributed by atoms with Crippen LogP contribution in [0.5, 0.6) is 5.75 Å². The number of benzene rings is 1. The molecular formula is C19H27N3O2S. The molecule has 0 unspecified atom stereocenters. The highest BCUT2D eigenvalue weighted by molar-refractivity contribution is 7.11. The van der Waals surface area contributed by atoms with Crippen LogP contribution in [-0.4, -0.2) is 23.5 Å². The Morgan fingerprint density at radius 2 is 1.92 bits per heavy atom. The Hall–Kier alpha value is -2.08. The van der Waals surface area contributed by atoms with Gasteiger partial charge in [0.2, 0.25) is 5.91 Å². The predicted molar refractivity (Wildman–Crippen MR) is 103 cm³/mol. The van der Waals surface area contributed by atoms with Crippen LogP contribution in [0.3, 0.4) is 0 Å². The Morgan fingerprint density at radius 3 is 2.40 bits per heavy atom. The second-order valence-electron chi connectivity index (χ2n) is 6.61. The van der Waals surface area contributed by atoms with Gasteiger partial charge in [-0.3, -0.25) is 4.79 Å². The Kier molecular flexibility index (Phi) is 6.06. The predicted octanol–water partition coefficient (Wildman–Crippen LogP) is 4.23. The van der Waals surface area contributed by atoms with Gasteiger partial charge >= 0.3 is 0 Å². The molecule has 1 heterocycles. The molecule has 136 valence electrons. The van der Waals surface area contributed by atoms with E-state index >= 15 is 0 Å². The fourth-order valence-corrected chi connectivity index (χ4v) is 3.47. The van der Waals surface area contributed by atoms with Crippen LogP contribution in [0.2, 0.25) is 0 Å². The summed E-state index contributed by atoms with van der Waals surface area (Å²) in [6.07, 6.45) is 0.802. The van der Waals surface area contributed by atoms with Crippen molar-refractivity contribution in [2.45, 2.75) is 52.6 Å². The molecule has 1 aromatic carbocycles. The zero-order valence-corrected chi connectivity index (χ0v) is 16.6. The lowest BCUT2D eigenvalue weighted by Crippen LogP contribution is -2.48. The summed E-state index contributed by atoms with van der Waals surface area (Å²) in [5.74, 6) is 0.731.